The predicted octanol–water partition coefficient (Wildman–Crippen LogP) is 3.26. The molecule has 2 aliphatic rings. The average molecular weight is 252 g/mol. The monoisotopic (exact) mass is 252 g/mol. The number of nitrogens with two attached hydrogens (primary N) is 1. The number of likely N-dealkylation sites (tertiary alicyclic amines) is 1. The van der Waals surface area contributed by atoms with E-state index in [0.717, 1.165) is 18.4 Å². The van der Waals surface area contributed by atoms with Crippen LogP contribution in [0.15, 0.2) is 0 Å². The molecule has 0 spiro atoms. The minimum atomic E-state index is 0.420. The number of rotatable bonds is 3. The fourth-order valence-electron chi connectivity index (χ4n) is 3.71. The van der Waals surface area contributed by atoms with Crippen LogP contribution in [0, 0.1) is 17.3 Å². The van der Waals surface area contributed by atoms with Gasteiger partial charge in [-0.2, -0.15) is 0 Å². The zero-order chi connectivity index (χ0) is 13.2. The minimum absolute atomic E-state index is 0.420. The molecule has 0 aromatic heterocycles. The molecule has 1 heterocycles. The molecule has 0 radical (unpaired) electrons. The Bertz CT molecular complexity index is 250. The molecule has 2 unspecified atom stereocenters. The summed E-state index contributed by atoms with van der Waals surface area (Å²) < 4.78 is 0. The summed E-state index contributed by atoms with van der Waals surface area (Å²) in [6.45, 7) is 10.8. The average Bonchev–Trinajstić information content (AvgIpc) is 2.78. The lowest BCUT2D eigenvalue weighted by Crippen LogP contribution is -2.42. The number of hydrogen-bond donors (Lipinski definition) is 1. The van der Waals surface area contributed by atoms with Crippen LogP contribution >= 0.6 is 0 Å². The Morgan fingerprint density at radius 2 is 1.78 bits per heavy atom. The highest BCUT2D eigenvalue weighted by molar-refractivity contribution is 4.87. The zero-order valence-corrected chi connectivity index (χ0v) is 12.6. The summed E-state index contributed by atoms with van der Waals surface area (Å²) in [6, 6.07) is 0.420. The molecule has 1 aliphatic carbocycles. The molecule has 18 heavy (non-hydrogen) atoms. The molecule has 2 heteroatoms. The van der Waals surface area contributed by atoms with Gasteiger partial charge in [0.15, 0.2) is 0 Å². The van der Waals surface area contributed by atoms with Gasteiger partial charge in [0.05, 0.1) is 0 Å². The summed E-state index contributed by atoms with van der Waals surface area (Å²) in [7, 11) is 0. The second kappa shape index (κ2) is 5.92. The maximum atomic E-state index is 6.44. The maximum Gasteiger partial charge on any atom is 0.0196 e. The van der Waals surface area contributed by atoms with Crippen molar-refractivity contribution < 1.29 is 0 Å². The molecule has 1 saturated carbocycles. The molecular formula is C16H32N2. The van der Waals surface area contributed by atoms with Crippen molar-refractivity contribution in [1.29, 1.82) is 0 Å². The third-order valence-corrected chi connectivity index (χ3v) is 5.22. The summed E-state index contributed by atoms with van der Waals surface area (Å²) in [6.07, 6.45) is 8.35. The van der Waals surface area contributed by atoms with Crippen molar-refractivity contribution in [3.8, 4) is 0 Å². The van der Waals surface area contributed by atoms with E-state index in [1.165, 1.54) is 51.6 Å². The Labute approximate surface area is 113 Å². The van der Waals surface area contributed by atoms with Gasteiger partial charge in [-0.1, -0.05) is 40.0 Å². The molecule has 0 amide bonds. The van der Waals surface area contributed by atoms with Crippen molar-refractivity contribution in [3.63, 3.8) is 0 Å². The third-order valence-electron chi connectivity index (χ3n) is 5.22. The van der Waals surface area contributed by atoms with E-state index < -0.39 is 0 Å². The van der Waals surface area contributed by atoms with E-state index in [1.54, 1.807) is 0 Å². The summed E-state index contributed by atoms with van der Waals surface area (Å²) in [5.74, 6) is 1.66. The first kappa shape index (κ1) is 14.3. The van der Waals surface area contributed by atoms with E-state index in [9.17, 15) is 0 Å². The van der Waals surface area contributed by atoms with Gasteiger partial charge in [-0.15, -0.1) is 0 Å². The first-order valence-corrected chi connectivity index (χ1v) is 7.95. The number of nitrogens with zero attached hydrogens (tertiary/aromatic N) is 1. The second-order valence-electron chi connectivity index (χ2n) is 7.67. The van der Waals surface area contributed by atoms with Gasteiger partial charge in [-0.25, -0.2) is 0 Å². The van der Waals surface area contributed by atoms with Gasteiger partial charge < -0.3 is 10.6 Å². The Morgan fingerprint density at radius 1 is 1.11 bits per heavy atom. The van der Waals surface area contributed by atoms with Gasteiger partial charge in [0, 0.05) is 19.1 Å². The highest BCUT2D eigenvalue weighted by atomic mass is 15.2. The van der Waals surface area contributed by atoms with Crippen molar-refractivity contribution in [3.05, 3.63) is 0 Å². The van der Waals surface area contributed by atoms with Crippen molar-refractivity contribution in [2.24, 2.45) is 23.0 Å². The van der Waals surface area contributed by atoms with Crippen molar-refractivity contribution >= 4 is 0 Å². The molecule has 106 valence electrons. The van der Waals surface area contributed by atoms with Gasteiger partial charge >= 0.3 is 0 Å². The minimum Gasteiger partial charge on any atom is -0.326 e. The largest absolute Gasteiger partial charge is 0.326 e. The lowest BCUT2D eigenvalue weighted by atomic mass is 9.80. The summed E-state index contributed by atoms with van der Waals surface area (Å²) in [5.41, 5.74) is 6.90. The van der Waals surface area contributed by atoms with Crippen LogP contribution in [-0.4, -0.2) is 30.6 Å². The normalized spacial score (nSPS) is 29.7. The van der Waals surface area contributed by atoms with E-state index in [4.69, 9.17) is 5.73 Å². The first-order chi connectivity index (χ1) is 8.47. The van der Waals surface area contributed by atoms with Crippen molar-refractivity contribution in [2.45, 2.75) is 65.3 Å². The molecular weight excluding hydrogens is 220 g/mol. The van der Waals surface area contributed by atoms with Crippen LogP contribution < -0.4 is 5.73 Å². The Kier molecular flexibility index (Phi) is 4.71. The van der Waals surface area contributed by atoms with Gasteiger partial charge in [-0.05, 0) is 43.1 Å². The molecule has 0 aromatic rings. The fraction of sp³-hybridized carbons (Fsp3) is 1.00. The van der Waals surface area contributed by atoms with Gasteiger partial charge in [-0.3, -0.25) is 0 Å². The van der Waals surface area contributed by atoms with E-state index in [-0.39, 0.29) is 0 Å². The quantitative estimate of drug-likeness (QED) is 0.835. The standard InChI is InChI=1S/C16H32N2/c1-16(2,3)14-9-10-18(11-14)12-15(17)13-7-5-4-6-8-13/h13-15H,4-12,17H2,1-3H3. The lowest BCUT2D eigenvalue weighted by Gasteiger charge is -2.31. The smallest absolute Gasteiger partial charge is 0.0196 e. The van der Waals surface area contributed by atoms with Crippen LogP contribution in [-0.2, 0) is 0 Å². The van der Waals surface area contributed by atoms with Crippen LogP contribution in [0.5, 0.6) is 0 Å². The lowest BCUT2D eigenvalue weighted by molar-refractivity contribution is 0.201. The zero-order valence-electron chi connectivity index (χ0n) is 12.6. The highest BCUT2D eigenvalue weighted by Crippen LogP contribution is 2.34. The maximum absolute atomic E-state index is 6.44. The van der Waals surface area contributed by atoms with Crippen LogP contribution in [0.4, 0.5) is 0 Å². The van der Waals surface area contributed by atoms with E-state index in [1.807, 2.05) is 0 Å². The Balaban J connectivity index is 1.76. The van der Waals surface area contributed by atoms with Crippen LogP contribution in [0.3, 0.4) is 0 Å². The highest BCUT2D eigenvalue weighted by Gasteiger charge is 2.33. The van der Waals surface area contributed by atoms with E-state index in [0.29, 0.717) is 11.5 Å². The van der Waals surface area contributed by atoms with Gasteiger partial charge in [0.25, 0.3) is 0 Å². The molecule has 0 bridgehead atoms. The Morgan fingerprint density at radius 3 is 2.33 bits per heavy atom. The van der Waals surface area contributed by atoms with E-state index in [2.05, 4.69) is 25.7 Å². The Hall–Kier alpha value is -0.0800. The molecule has 1 saturated heterocycles. The van der Waals surface area contributed by atoms with Crippen molar-refractivity contribution in [1.82, 2.24) is 4.90 Å². The molecule has 2 atom stereocenters. The molecule has 2 fully saturated rings. The number of hydrogen-bond acceptors (Lipinski definition) is 2. The predicted molar refractivity (Wildman–Crippen MR) is 78.6 cm³/mol. The molecule has 2 N–H and O–H groups in total. The fourth-order valence-corrected chi connectivity index (χ4v) is 3.71. The molecule has 0 aromatic carbocycles. The SMILES string of the molecule is CC(C)(C)C1CCN(CC(N)C2CCCCC2)C1. The van der Waals surface area contributed by atoms with Gasteiger partial charge in [0.2, 0.25) is 0 Å². The van der Waals surface area contributed by atoms with Crippen LogP contribution in [0.1, 0.15) is 59.3 Å². The first-order valence-electron chi connectivity index (χ1n) is 7.95. The second-order valence-corrected chi connectivity index (χ2v) is 7.67. The topological polar surface area (TPSA) is 29.3 Å². The molecule has 2 nitrogen and oxygen atoms in total. The molecule has 2 rings (SSSR count). The summed E-state index contributed by atoms with van der Waals surface area (Å²) in [5, 5.41) is 0. The van der Waals surface area contributed by atoms with Crippen LogP contribution in [0.25, 0.3) is 0 Å². The van der Waals surface area contributed by atoms with E-state index >= 15 is 0 Å². The van der Waals surface area contributed by atoms with Crippen LogP contribution in [0.2, 0.25) is 0 Å². The third kappa shape index (κ3) is 3.71. The summed E-state index contributed by atoms with van der Waals surface area (Å²) >= 11 is 0. The summed E-state index contributed by atoms with van der Waals surface area (Å²) in [4.78, 5) is 2.62. The van der Waals surface area contributed by atoms with Gasteiger partial charge in [0.1, 0.15) is 0 Å². The molecule has 1 aliphatic heterocycles. The van der Waals surface area contributed by atoms with Crippen molar-refractivity contribution in [2.75, 3.05) is 19.6 Å².